The highest BCUT2D eigenvalue weighted by Gasteiger charge is 2.30. The topological polar surface area (TPSA) is 71.9 Å². The minimum Gasteiger partial charge on any atom is -0.372 e. The number of hydrogen-bond acceptors (Lipinski definition) is 5. The van der Waals surface area contributed by atoms with Gasteiger partial charge in [-0.05, 0) is 11.8 Å². The SMILES string of the molecule is CC1(C)Cc2[nH]ncc2CN(Cc2nnc3n2CCOC3)C1. The van der Waals surface area contributed by atoms with E-state index in [1.165, 1.54) is 11.3 Å². The second kappa shape index (κ2) is 5.17. The molecule has 0 fully saturated rings. The Labute approximate surface area is 129 Å². The molecule has 7 nitrogen and oxygen atoms in total. The van der Waals surface area contributed by atoms with Crippen LogP contribution in [0.25, 0.3) is 0 Å². The van der Waals surface area contributed by atoms with Gasteiger partial charge in [0.15, 0.2) is 5.82 Å². The van der Waals surface area contributed by atoms with Gasteiger partial charge in [-0.25, -0.2) is 0 Å². The first kappa shape index (κ1) is 13.9. The van der Waals surface area contributed by atoms with Crippen molar-refractivity contribution in [3.8, 4) is 0 Å². The van der Waals surface area contributed by atoms with Crippen molar-refractivity contribution in [1.29, 1.82) is 0 Å². The summed E-state index contributed by atoms with van der Waals surface area (Å²) in [6.45, 7) is 9.56. The van der Waals surface area contributed by atoms with Crippen molar-refractivity contribution in [3.05, 3.63) is 29.1 Å². The van der Waals surface area contributed by atoms with Gasteiger partial charge in [0.25, 0.3) is 0 Å². The molecule has 0 unspecified atom stereocenters. The molecule has 0 atom stereocenters. The van der Waals surface area contributed by atoms with Crippen molar-refractivity contribution in [3.63, 3.8) is 0 Å². The van der Waals surface area contributed by atoms with E-state index in [0.717, 1.165) is 50.9 Å². The quantitative estimate of drug-likeness (QED) is 0.900. The molecular weight excluding hydrogens is 280 g/mol. The minimum atomic E-state index is 0.214. The summed E-state index contributed by atoms with van der Waals surface area (Å²) in [7, 11) is 0. The molecule has 7 heteroatoms. The van der Waals surface area contributed by atoms with E-state index < -0.39 is 0 Å². The first-order valence-electron chi connectivity index (χ1n) is 7.83. The minimum absolute atomic E-state index is 0.214. The number of nitrogens with zero attached hydrogens (tertiary/aromatic N) is 5. The molecule has 1 N–H and O–H groups in total. The largest absolute Gasteiger partial charge is 0.372 e. The number of ether oxygens (including phenoxy) is 1. The van der Waals surface area contributed by atoms with Gasteiger partial charge in [0.05, 0.1) is 19.3 Å². The smallest absolute Gasteiger partial charge is 0.159 e. The number of nitrogens with one attached hydrogen (secondary N) is 1. The normalized spacial score (nSPS) is 21.2. The zero-order chi connectivity index (χ0) is 15.2. The molecule has 0 saturated heterocycles. The lowest BCUT2D eigenvalue weighted by molar-refractivity contribution is 0.0788. The highest BCUT2D eigenvalue weighted by molar-refractivity contribution is 5.19. The highest BCUT2D eigenvalue weighted by Crippen LogP contribution is 2.29. The molecule has 2 aromatic rings. The van der Waals surface area contributed by atoms with Gasteiger partial charge >= 0.3 is 0 Å². The van der Waals surface area contributed by atoms with Crippen molar-refractivity contribution < 1.29 is 4.74 Å². The molecule has 0 saturated carbocycles. The fraction of sp³-hybridized carbons (Fsp3) is 0.667. The Balaban J connectivity index is 1.59. The molecule has 0 amide bonds. The summed E-state index contributed by atoms with van der Waals surface area (Å²) in [5.41, 5.74) is 2.78. The average Bonchev–Trinajstić information content (AvgIpc) is 3.03. The summed E-state index contributed by atoms with van der Waals surface area (Å²) in [6, 6.07) is 0. The van der Waals surface area contributed by atoms with E-state index in [-0.39, 0.29) is 5.41 Å². The van der Waals surface area contributed by atoms with Crippen molar-refractivity contribution in [2.75, 3.05) is 13.2 Å². The van der Waals surface area contributed by atoms with E-state index in [4.69, 9.17) is 4.74 Å². The zero-order valence-corrected chi connectivity index (χ0v) is 13.2. The molecule has 2 aromatic heterocycles. The van der Waals surface area contributed by atoms with E-state index in [0.29, 0.717) is 6.61 Å². The summed E-state index contributed by atoms with van der Waals surface area (Å²) in [4.78, 5) is 2.45. The number of aromatic nitrogens is 5. The van der Waals surface area contributed by atoms with Crippen LogP contribution in [0.1, 0.15) is 36.8 Å². The lowest BCUT2D eigenvalue weighted by Gasteiger charge is -2.29. The summed E-state index contributed by atoms with van der Waals surface area (Å²) in [6.07, 6.45) is 2.99. The van der Waals surface area contributed by atoms with Crippen molar-refractivity contribution >= 4 is 0 Å². The van der Waals surface area contributed by atoms with Gasteiger partial charge < -0.3 is 9.30 Å². The maximum absolute atomic E-state index is 5.44. The molecule has 0 radical (unpaired) electrons. The third-order valence-corrected chi connectivity index (χ3v) is 4.47. The van der Waals surface area contributed by atoms with Gasteiger partial charge in [-0.3, -0.25) is 10.00 Å². The van der Waals surface area contributed by atoms with Crippen LogP contribution in [0, 0.1) is 5.41 Å². The summed E-state index contributed by atoms with van der Waals surface area (Å²) < 4.78 is 7.65. The third-order valence-electron chi connectivity index (χ3n) is 4.47. The van der Waals surface area contributed by atoms with Crippen LogP contribution in [0.2, 0.25) is 0 Å². The second-order valence-electron chi connectivity index (χ2n) is 7.10. The lowest BCUT2D eigenvalue weighted by Crippen LogP contribution is -2.33. The third kappa shape index (κ3) is 2.55. The van der Waals surface area contributed by atoms with Gasteiger partial charge in [0.1, 0.15) is 12.4 Å². The Kier molecular flexibility index (Phi) is 3.27. The van der Waals surface area contributed by atoms with Crippen molar-refractivity contribution in [2.24, 2.45) is 5.41 Å². The Bertz CT molecular complexity index is 673. The summed E-state index contributed by atoms with van der Waals surface area (Å²) >= 11 is 0. The Morgan fingerprint density at radius 3 is 3.18 bits per heavy atom. The van der Waals surface area contributed by atoms with Crippen molar-refractivity contribution in [2.45, 2.75) is 46.5 Å². The molecule has 0 aliphatic carbocycles. The Hall–Kier alpha value is -1.73. The predicted octanol–water partition coefficient (Wildman–Crippen LogP) is 1.12. The Morgan fingerprint density at radius 2 is 2.27 bits per heavy atom. The van der Waals surface area contributed by atoms with E-state index in [2.05, 4.69) is 43.7 Å². The molecule has 4 rings (SSSR count). The predicted molar refractivity (Wildman–Crippen MR) is 79.9 cm³/mol. The number of hydrogen-bond donors (Lipinski definition) is 1. The first-order chi connectivity index (χ1) is 10.6. The molecule has 2 aliphatic heterocycles. The number of rotatable bonds is 2. The molecule has 0 aromatic carbocycles. The van der Waals surface area contributed by atoms with E-state index in [1.54, 1.807) is 0 Å². The first-order valence-corrected chi connectivity index (χ1v) is 7.83. The monoisotopic (exact) mass is 302 g/mol. The van der Waals surface area contributed by atoms with Crippen LogP contribution in [-0.2, 0) is 37.4 Å². The van der Waals surface area contributed by atoms with Crippen molar-refractivity contribution in [1.82, 2.24) is 29.9 Å². The number of fused-ring (bicyclic) bond motifs is 2. The summed E-state index contributed by atoms with van der Waals surface area (Å²) in [5, 5.41) is 16.0. The van der Waals surface area contributed by atoms with Crippen LogP contribution in [-0.4, -0.2) is 43.0 Å². The van der Waals surface area contributed by atoms with Gasteiger partial charge in [0, 0.05) is 30.9 Å². The molecule has 4 heterocycles. The van der Waals surface area contributed by atoms with Gasteiger partial charge in [-0.1, -0.05) is 13.8 Å². The van der Waals surface area contributed by atoms with Gasteiger partial charge in [-0.2, -0.15) is 5.10 Å². The lowest BCUT2D eigenvalue weighted by atomic mass is 9.88. The van der Waals surface area contributed by atoms with Gasteiger partial charge in [-0.15, -0.1) is 10.2 Å². The number of aromatic amines is 1. The fourth-order valence-electron chi connectivity index (χ4n) is 3.55. The van der Waals surface area contributed by atoms with Crippen LogP contribution in [0.15, 0.2) is 6.20 Å². The van der Waals surface area contributed by atoms with E-state index in [1.807, 2.05) is 6.20 Å². The summed E-state index contributed by atoms with van der Waals surface area (Å²) in [5.74, 6) is 1.99. The van der Waals surface area contributed by atoms with Gasteiger partial charge in [0.2, 0.25) is 0 Å². The van der Waals surface area contributed by atoms with Crippen LogP contribution in [0.4, 0.5) is 0 Å². The maximum atomic E-state index is 5.44. The highest BCUT2D eigenvalue weighted by atomic mass is 16.5. The van der Waals surface area contributed by atoms with E-state index >= 15 is 0 Å². The van der Waals surface area contributed by atoms with Crippen LogP contribution in [0.3, 0.4) is 0 Å². The Morgan fingerprint density at radius 1 is 1.36 bits per heavy atom. The second-order valence-corrected chi connectivity index (χ2v) is 7.10. The molecule has 22 heavy (non-hydrogen) atoms. The van der Waals surface area contributed by atoms with Crippen LogP contribution >= 0.6 is 0 Å². The molecule has 0 spiro atoms. The molecule has 2 aliphatic rings. The maximum Gasteiger partial charge on any atom is 0.159 e. The van der Waals surface area contributed by atoms with Crippen LogP contribution in [0.5, 0.6) is 0 Å². The fourth-order valence-corrected chi connectivity index (χ4v) is 3.55. The zero-order valence-electron chi connectivity index (χ0n) is 13.2. The molecule has 0 bridgehead atoms. The number of H-pyrrole nitrogens is 1. The van der Waals surface area contributed by atoms with Crippen LogP contribution < -0.4 is 0 Å². The standard InChI is InChI=1S/C15H22N6O/c1-15(2)5-12-11(6-16-17-12)7-20(10-15)8-13-18-19-14-9-22-4-3-21(13)14/h6H,3-5,7-10H2,1-2H3,(H,16,17). The molecular formula is C15H22N6O. The molecule has 118 valence electrons. The van der Waals surface area contributed by atoms with E-state index in [9.17, 15) is 0 Å². The average molecular weight is 302 g/mol.